The lowest BCUT2D eigenvalue weighted by molar-refractivity contribution is -0.132. The quantitative estimate of drug-likeness (QED) is 0.782. The van der Waals surface area contributed by atoms with Gasteiger partial charge < -0.3 is 0 Å². The van der Waals surface area contributed by atoms with Crippen molar-refractivity contribution in [3.05, 3.63) is 11.6 Å². The fourth-order valence-corrected chi connectivity index (χ4v) is 3.98. The Kier molecular flexibility index (Phi) is 3.72. The van der Waals surface area contributed by atoms with Crippen LogP contribution in [0, 0.1) is 28.1 Å². The number of Topliss-reactive ketones (excluding diaryl/α,β-unsaturated/α-hetero) is 1. The first-order chi connectivity index (χ1) is 9.20. The number of carbonyl (C=O) groups excluding carboxylic acids is 1. The molecule has 1 aliphatic heterocycles. The zero-order valence-electron chi connectivity index (χ0n) is 12.1. The molecule has 2 atom stereocenters. The molecule has 2 unspecified atom stereocenters. The van der Waals surface area contributed by atoms with Crippen LogP contribution < -0.4 is 0 Å². The van der Waals surface area contributed by atoms with E-state index < -0.39 is 17.3 Å². The lowest BCUT2D eigenvalue weighted by atomic mass is 9.55. The molecule has 0 amide bonds. The van der Waals surface area contributed by atoms with Gasteiger partial charge in [-0.05, 0) is 18.9 Å². The molecule has 0 spiro atoms. The fraction of sp³-hybridized carbons (Fsp3) is 0.733. The second-order valence-corrected chi connectivity index (χ2v) is 6.69. The van der Waals surface area contributed by atoms with Crippen molar-refractivity contribution in [2.45, 2.75) is 33.6 Å². The van der Waals surface area contributed by atoms with Crippen LogP contribution >= 0.6 is 0 Å². The Morgan fingerprint density at radius 1 is 1.50 bits per heavy atom. The molecule has 2 rings (SSSR count). The van der Waals surface area contributed by atoms with Crippen molar-refractivity contribution in [2.75, 3.05) is 19.6 Å². The van der Waals surface area contributed by atoms with Gasteiger partial charge in [0, 0.05) is 17.4 Å². The van der Waals surface area contributed by atoms with E-state index in [2.05, 4.69) is 0 Å². The first kappa shape index (κ1) is 15.1. The zero-order chi connectivity index (χ0) is 15.1. The summed E-state index contributed by atoms with van der Waals surface area (Å²) >= 11 is 0. The molecule has 110 valence electrons. The molecule has 1 fully saturated rings. The Hall–Kier alpha value is -1.28. The zero-order valence-corrected chi connectivity index (χ0v) is 12.1. The highest BCUT2D eigenvalue weighted by atomic mass is 19.3. The predicted molar refractivity (Wildman–Crippen MR) is 71.1 cm³/mol. The van der Waals surface area contributed by atoms with E-state index in [1.165, 1.54) is 0 Å². The van der Waals surface area contributed by atoms with Gasteiger partial charge >= 0.3 is 0 Å². The van der Waals surface area contributed by atoms with Crippen LogP contribution in [0.5, 0.6) is 0 Å². The third-order valence-electron chi connectivity index (χ3n) is 4.79. The monoisotopic (exact) mass is 282 g/mol. The van der Waals surface area contributed by atoms with Crippen molar-refractivity contribution >= 4 is 5.78 Å². The van der Waals surface area contributed by atoms with Gasteiger partial charge in [0.1, 0.15) is 6.07 Å². The van der Waals surface area contributed by atoms with Crippen LogP contribution in [0.2, 0.25) is 0 Å². The molecule has 1 saturated heterocycles. The smallest absolute Gasteiger partial charge is 0.251 e. The molecule has 0 aromatic carbocycles. The number of piperidine rings is 1. The minimum Gasteiger partial charge on any atom is -0.297 e. The van der Waals surface area contributed by atoms with Gasteiger partial charge in [0.05, 0.1) is 12.1 Å². The van der Waals surface area contributed by atoms with E-state index in [9.17, 15) is 13.6 Å². The molecule has 1 heterocycles. The van der Waals surface area contributed by atoms with Gasteiger partial charge in [-0.2, -0.15) is 5.26 Å². The Bertz CT molecular complexity index is 493. The number of alkyl halides is 2. The minimum atomic E-state index is -2.35. The summed E-state index contributed by atoms with van der Waals surface area (Å²) in [5, 5.41) is 9.14. The topological polar surface area (TPSA) is 44.1 Å². The number of likely N-dealkylation sites (tertiary alicyclic amines) is 1. The number of halogens is 2. The van der Waals surface area contributed by atoms with E-state index in [1.54, 1.807) is 11.0 Å². The molecule has 0 saturated carbocycles. The molecule has 0 aromatic rings. The Balaban J connectivity index is 2.35. The van der Waals surface area contributed by atoms with Gasteiger partial charge in [0.15, 0.2) is 5.78 Å². The maximum Gasteiger partial charge on any atom is 0.251 e. The first-order valence-electron chi connectivity index (χ1n) is 6.89. The highest BCUT2D eigenvalue weighted by molar-refractivity contribution is 6.04. The molecule has 1 aliphatic carbocycles. The second-order valence-electron chi connectivity index (χ2n) is 6.69. The number of hydrogen-bond donors (Lipinski definition) is 0. The number of hydrogen-bond acceptors (Lipinski definition) is 3. The van der Waals surface area contributed by atoms with Crippen LogP contribution in [0.15, 0.2) is 11.6 Å². The summed E-state index contributed by atoms with van der Waals surface area (Å²) in [7, 11) is 0. The van der Waals surface area contributed by atoms with E-state index in [0.29, 0.717) is 19.5 Å². The molecule has 3 nitrogen and oxygen atoms in total. The van der Waals surface area contributed by atoms with Gasteiger partial charge in [0.2, 0.25) is 0 Å². The normalized spacial score (nSPS) is 33.5. The van der Waals surface area contributed by atoms with Crippen LogP contribution in [0.1, 0.15) is 27.2 Å². The van der Waals surface area contributed by atoms with E-state index in [-0.39, 0.29) is 23.8 Å². The van der Waals surface area contributed by atoms with Crippen molar-refractivity contribution < 1.29 is 13.6 Å². The van der Waals surface area contributed by atoms with Crippen LogP contribution in [0.3, 0.4) is 0 Å². The lowest BCUT2D eigenvalue weighted by Crippen LogP contribution is -2.56. The number of nitrogens with zero attached hydrogens (tertiary/aromatic N) is 2. The minimum absolute atomic E-state index is 0.0912. The summed E-state index contributed by atoms with van der Waals surface area (Å²) < 4.78 is 25.1. The highest BCUT2D eigenvalue weighted by Gasteiger charge is 2.53. The molecule has 5 heteroatoms. The fourth-order valence-electron chi connectivity index (χ4n) is 3.98. The molecule has 20 heavy (non-hydrogen) atoms. The van der Waals surface area contributed by atoms with Gasteiger partial charge in [-0.15, -0.1) is 0 Å². The van der Waals surface area contributed by atoms with Crippen molar-refractivity contribution in [3.63, 3.8) is 0 Å². The predicted octanol–water partition coefficient (Wildman–Crippen LogP) is 2.64. The average molecular weight is 282 g/mol. The van der Waals surface area contributed by atoms with Crippen LogP contribution in [0.25, 0.3) is 0 Å². The largest absolute Gasteiger partial charge is 0.297 e. The van der Waals surface area contributed by atoms with Crippen LogP contribution in [-0.4, -0.2) is 36.7 Å². The SMILES string of the molecule is CC12C=C(C#N)C(=O)C(C)(C)C1CCN(CC(F)F)C2. The van der Waals surface area contributed by atoms with E-state index >= 15 is 0 Å². The van der Waals surface area contributed by atoms with Gasteiger partial charge in [-0.1, -0.05) is 26.8 Å². The third-order valence-corrected chi connectivity index (χ3v) is 4.79. The number of carbonyl (C=O) groups is 1. The van der Waals surface area contributed by atoms with Gasteiger partial charge in [-0.3, -0.25) is 9.69 Å². The van der Waals surface area contributed by atoms with Crippen molar-refractivity contribution in [2.24, 2.45) is 16.7 Å². The summed E-state index contributed by atoms with van der Waals surface area (Å²) in [6, 6.07) is 1.97. The Morgan fingerprint density at radius 2 is 2.15 bits per heavy atom. The summed E-state index contributed by atoms with van der Waals surface area (Å²) in [6.07, 6.45) is 0.0628. The highest BCUT2D eigenvalue weighted by Crippen LogP contribution is 2.51. The first-order valence-corrected chi connectivity index (χ1v) is 6.89. The van der Waals surface area contributed by atoms with Crippen LogP contribution in [0.4, 0.5) is 8.78 Å². The van der Waals surface area contributed by atoms with Gasteiger partial charge in [-0.25, -0.2) is 8.78 Å². The van der Waals surface area contributed by atoms with E-state index in [0.717, 1.165) is 0 Å². The average Bonchev–Trinajstić information content (AvgIpc) is 2.32. The van der Waals surface area contributed by atoms with Crippen LogP contribution in [-0.2, 0) is 4.79 Å². The summed E-state index contributed by atoms with van der Waals surface area (Å²) in [5.74, 6) is -0.0293. The third kappa shape index (κ3) is 2.37. The number of nitriles is 1. The van der Waals surface area contributed by atoms with Crippen molar-refractivity contribution in [1.82, 2.24) is 4.90 Å². The molecule has 2 aliphatic rings. The molecule has 0 aromatic heterocycles. The number of fused-ring (bicyclic) bond motifs is 1. The molecule has 0 bridgehead atoms. The lowest BCUT2D eigenvalue weighted by Gasteiger charge is -2.53. The van der Waals surface area contributed by atoms with E-state index in [4.69, 9.17) is 5.26 Å². The summed E-state index contributed by atoms with van der Waals surface area (Å²) in [6.45, 7) is 6.52. The molecular weight excluding hydrogens is 262 g/mol. The van der Waals surface area contributed by atoms with Crippen molar-refractivity contribution in [1.29, 1.82) is 5.26 Å². The van der Waals surface area contributed by atoms with E-state index in [1.807, 2.05) is 26.8 Å². The maximum atomic E-state index is 12.6. The Labute approximate surface area is 118 Å². The summed E-state index contributed by atoms with van der Waals surface area (Å²) in [4.78, 5) is 14.0. The standard InChI is InChI=1S/C15H20F2N2O/c1-14(2)11-4-5-19(8-12(16)17)9-15(11,3)6-10(7-18)13(14)20/h6,11-12H,4-5,8-9H2,1-3H3. The Morgan fingerprint density at radius 3 is 2.70 bits per heavy atom. The second kappa shape index (κ2) is 4.92. The molecule has 0 radical (unpaired) electrons. The maximum absolute atomic E-state index is 12.6. The number of allylic oxidation sites excluding steroid dienone is 1. The van der Waals surface area contributed by atoms with Gasteiger partial charge in [0.25, 0.3) is 6.43 Å². The number of ketones is 1. The molecular formula is C15H20F2N2O. The molecule has 0 N–H and O–H groups in total. The van der Waals surface area contributed by atoms with Crippen molar-refractivity contribution in [3.8, 4) is 6.07 Å². The number of rotatable bonds is 2. The summed E-state index contributed by atoms with van der Waals surface area (Å²) in [5.41, 5.74) is -0.825.